The third-order valence-electron chi connectivity index (χ3n) is 2.12. The van der Waals surface area contributed by atoms with Crippen LogP contribution in [0.15, 0.2) is 24.3 Å². The molecule has 0 amide bonds. The lowest BCUT2D eigenvalue weighted by Gasteiger charge is -2.05. The molecule has 0 radical (unpaired) electrons. The largest absolute Gasteiger partial charge is 0.481 e. The van der Waals surface area contributed by atoms with Crippen molar-refractivity contribution in [2.24, 2.45) is 0 Å². The maximum atomic E-state index is 11.6. The summed E-state index contributed by atoms with van der Waals surface area (Å²) in [5, 5.41) is 8.36. The molecule has 5 heteroatoms. The molecule has 0 aromatic heterocycles. The minimum Gasteiger partial charge on any atom is -0.481 e. The van der Waals surface area contributed by atoms with Gasteiger partial charge in [-0.3, -0.25) is 9.59 Å². The second-order valence-corrected chi connectivity index (χ2v) is 3.34. The third kappa shape index (κ3) is 3.71. The Morgan fingerprint density at radius 1 is 1.24 bits per heavy atom. The van der Waals surface area contributed by atoms with Gasteiger partial charge in [0.2, 0.25) is 0 Å². The summed E-state index contributed by atoms with van der Waals surface area (Å²) in [6.07, 6.45) is -0.196. The number of benzene rings is 1. The van der Waals surface area contributed by atoms with Gasteiger partial charge in [-0.1, -0.05) is 25.1 Å². The lowest BCUT2D eigenvalue weighted by molar-refractivity contribution is -0.147. The molecule has 0 aliphatic carbocycles. The monoisotopic (exact) mass is 236 g/mol. The average Bonchev–Trinajstić information content (AvgIpc) is 2.27. The fourth-order valence-corrected chi connectivity index (χ4v) is 1.35. The van der Waals surface area contributed by atoms with E-state index in [1.807, 2.05) is 6.92 Å². The molecule has 0 aliphatic rings. The van der Waals surface area contributed by atoms with Crippen molar-refractivity contribution in [1.29, 1.82) is 0 Å². The fraction of sp³-hybridized carbons (Fsp3) is 0.250. The van der Waals surface area contributed by atoms with E-state index in [4.69, 9.17) is 5.11 Å². The Morgan fingerprint density at radius 3 is 2.47 bits per heavy atom. The molecule has 0 atom stereocenters. The first-order valence-electron chi connectivity index (χ1n) is 5.09. The van der Waals surface area contributed by atoms with Crippen molar-refractivity contribution in [1.82, 2.24) is 0 Å². The molecule has 1 rings (SSSR count). The van der Waals surface area contributed by atoms with Crippen LogP contribution < -0.4 is 0 Å². The normalized spacial score (nSPS) is 9.71. The summed E-state index contributed by atoms with van der Waals surface area (Å²) in [5.41, 5.74) is 1.04. The van der Waals surface area contributed by atoms with Crippen LogP contribution >= 0.6 is 0 Å². The molecule has 90 valence electrons. The maximum absolute atomic E-state index is 11.6. The third-order valence-corrected chi connectivity index (χ3v) is 2.12. The second-order valence-electron chi connectivity index (χ2n) is 3.34. The minimum atomic E-state index is -1.33. The summed E-state index contributed by atoms with van der Waals surface area (Å²) in [6, 6.07) is 6.71. The summed E-state index contributed by atoms with van der Waals surface area (Å²) in [7, 11) is 0. The van der Waals surface area contributed by atoms with Crippen LogP contribution in [-0.2, 0) is 20.7 Å². The van der Waals surface area contributed by atoms with Gasteiger partial charge in [-0.15, -0.1) is 0 Å². The number of rotatable bonds is 4. The zero-order valence-corrected chi connectivity index (χ0v) is 9.30. The first kappa shape index (κ1) is 12.9. The molecule has 1 aromatic carbocycles. The Labute approximate surface area is 98.0 Å². The molecular weight excluding hydrogens is 224 g/mol. The van der Waals surface area contributed by atoms with Crippen molar-refractivity contribution in [3.05, 3.63) is 35.4 Å². The number of hydrogen-bond acceptors (Lipinski definition) is 4. The van der Waals surface area contributed by atoms with Gasteiger partial charge in [0.15, 0.2) is 0 Å². The van der Waals surface area contributed by atoms with E-state index in [-0.39, 0.29) is 5.56 Å². The minimum absolute atomic E-state index is 0.286. The van der Waals surface area contributed by atoms with E-state index >= 15 is 0 Å². The van der Waals surface area contributed by atoms with Gasteiger partial charge in [0, 0.05) is 0 Å². The molecule has 0 heterocycles. The van der Waals surface area contributed by atoms with Crippen molar-refractivity contribution >= 4 is 17.9 Å². The van der Waals surface area contributed by atoms with Crippen LogP contribution in [-0.4, -0.2) is 23.0 Å². The lowest BCUT2D eigenvalue weighted by atomic mass is 10.1. The van der Waals surface area contributed by atoms with E-state index in [2.05, 4.69) is 4.74 Å². The molecule has 0 saturated carbocycles. The number of aryl methyl sites for hydroxylation is 1. The number of aliphatic carboxylic acids is 1. The quantitative estimate of drug-likeness (QED) is 0.631. The van der Waals surface area contributed by atoms with Gasteiger partial charge in [-0.25, -0.2) is 4.79 Å². The molecule has 0 unspecified atom stereocenters. The number of carbonyl (C=O) groups excluding carboxylic acids is 2. The van der Waals surface area contributed by atoms with Crippen molar-refractivity contribution < 1.29 is 24.2 Å². The van der Waals surface area contributed by atoms with Crippen molar-refractivity contribution in [3.63, 3.8) is 0 Å². The Hall–Kier alpha value is -2.17. The van der Waals surface area contributed by atoms with Crippen molar-refractivity contribution in [2.45, 2.75) is 19.8 Å². The molecule has 17 heavy (non-hydrogen) atoms. The van der Waals surface area contributed by atoms with Gasteiger partial charge in [0.25, 0.3) is 0 Å². The molecule has 0 saturated heterocycles. The topological polar surface area (TPSA) is 80.7 Å². The van der Waals surface area contributed by atoms with E-state index in [1.54, 1.807) is 18.2 Å². The van der Waals surface area contributed by atoms with Crippen LogP contribution in [0.1, 0.15) is 29.3 Å². The number of carboxylic acid groups (broad SMARTS) is 1. The Bertz CT molecular complexity index is 450. The molecule has 5 nitrogen and oxygen atoms in total. The predicted molar refractivity (Wildman–Crippen MR) is 58.5 cm³/mol. The number of ether oxygens (including phenoxy) is 1. The van der Waals surface area contributed by atoms with Crippen LogP contribution in [0.4, 0.5) is 0 Å². The summed E-state index contributed by atoms with van der Waals surface area (Å²) in [5.74, 6) is -3.20. The zero-order valence-electron chi connectivity index (χ0n) is 9.30. The summed E-state index contributed by atoms with van der Waals surface area (Å²) in [6.45, 7) is 1.87. The van der Waals surface area contributed by atoms with Crippen LogP contribution in [0.2, 0.25) is 0 Å². The summed E-state index contributed by atoms with van der Waals surface area (Å²) < 4.78 is 4.43. The average molecular weight is 236 g/mol. The van der Waals surface area contributed by atoms with Gasteiger partial charge in [-0.05, 0) is 18.1 Å². The highest BCUT2D eigenvalue weighted by atomic mass is 16.6. The number of esters is 2. The SMILES string of the molecule is CCc1ccccc1C(=O)OC(=O)CC(=O)O. The number of carboxylic acids is 1. The smallest absolute Gasteiger partial charge is 0.346 e. The molecule has 1 aromatic rings. The van der Waals surface area contributed by atoms with Crippen LogP contribution in [0.25, 0.3) is 0 Å². The van der Waals surface area contributed by atoms with Crippen LogP contribution in [0, 0.1) is 0 Å². The highest BCUT2D eigenvalue weighted by molar-refractivity contribution is 6.01. The zero-order chi connectivity index (χ0) is 12.8. The Balaban J connectivity index is 2.76. The highest BCUT2D eigenvalue weighted by Crippen LogP contribution is 2.11. The van der Waals surface area contributed by atoms with E-state index in [0.717, 1.165) is 5.56 Å². The second kappa shape index (κ2) is 5.79. The first-order chi connectivity index (χ1) is 8.04. The molecule has 0 spiro atoms. The fourth-order valence-electron chi connectivity index (χ4n) is 1.35. The number of carbonyl (C=O) groups is 3. The molecule has 1 N–H and O–H groups in total. The summed E-state index contributed by atoms with van der Waals surface area (Å²) in [4.78, 5) is 32.8. The van der Waals surface area contributed by atoms with E-state index in [9.17, 15) is 14.4 Å². The van der Waals surface area contributed by atoms with Gasteiger partial charge in [-0.2, -0.15) is 0 Å². The summed E-state index contributed by atoms with van der Waals surface area (Å²) >= 11 is 0. The maximum Gasteiger partial charge on any atom is 0.346 e. The molecule has 0 fully saturated rings. The van der Waals surface area contributed by atoms with Crippen molar-refractivity contribution in [3.8, 4) is 0 Å². The van der Waals surface area contributed by atoms with Crippen LogP contribution in [0.5, 0.6) is 0 Å². The lowest BCUT2D eigenvalue weighted by Crippen LogP contribution is -2.16. The van der Waals surface area contributed by atoms with Crippen molar-refractivity contribution in [2.75, 3.05) is 0 Å². The van der Waals surface area contributed by atoms with E-state index < -0.39 is 24.3 Å². The Morgan fingerprint density at radius 2 is 1.88 bits per heavy atom. The van der Waals surface area contributed by atoms with Gasteiger partial charge >= 0.3 is 17.9 Å². The molecule has 0 bridgehead atoms. The van der Waals surface area contributed by atoms with E-state index in [1.165, 1.54) is 6.07 Å². The van der Waals surface area contributed by atoms with Crippen LogP contribution in [0.3, 0.4) is 0 Å². The molecule has 0 aliphatic heterocycles. The standard InChI is InChI=1S/C12H12O5/c1-2-8-5-3-4-6-9(8)12(16)17-11(15)7-10(13)14/h3-6H,2,7H2,1H3,(H,13,14). The van der Waals surface area contributed by atoms with Gasteiger partial charge < -0.3 is 9.84 Å². The Kier molecular flexibility index (Phi) is 4.39. The first-order valence-corrected chi connectivity index (χ1v) is 5.09. The predicted octanol–water partition coefficient (Wildman–Crippen LogP) is 1.41. The molecular formula is C12H12O5. The highest BCUT2D eigenvalue weighted by Gasteiger charge is 2.17. The van der Waals surface area contributed by atoms with E-state index in [0.29, 0.717) is 6.42 Å². The number of hydrogen-bond donors (Lipinski definition) is 1. The van der Waals surface area contributed by atoms with Gasteiger partial charge in [0.1, 0.15) is 6.42 Å². The van der Waals surface area contributed by atoms with Gasteiger partial charge in [0.05, 0.1) is 5.56 Å².